The maximum atomic E-state index is 13.5. The number of anilines is 1. The van der Waals surface area contributed by atoms with Crippen LogP contribution in [0, 0.1) is 0 Å². The molecule has 1 aliphatic heterocycles. The molecule has 1 aliphatic rings. The van der Waals surface area contributed by atoms with E-state index in [1.165, 1.54) is 0 Å². The van der Waals surface area contributed by atoms with E-state index in [2.05, 4.69) is 25.3 Å². The summed E-state index contributed by atoms with van der Waals surface area (Å²) in [6, 6.07) is 3.49. The van der Waals surface area contributed by atoms with E-state index in [0.29, 0.717) is 35.3 Å². The lowest BCUT2D eigenvalue weighted by atomic mass is 10.0. The lowest BCUT2D eigenvalue weighted by Crippen LogP contribution is -2.49. The smallest absolute Gasteiger partial charge is 0.247 e. The van der Waals surface area contributed by atoms with Gasteiger partial charge >= 0.3 is 0 Å². The highest BCUT2D eigenvalue weighted by atomic mass is 35.5. The SMILES string of the molecule is CC(C)(Nc1ccnc(-c2c[nH]c3ncc(Cl)cc23)n1)C(=O)N1CC[C@H](F)C1. The molecule has 0 unspecified atom stereocenters. The van der Waals surface area contributed by atoms with Gasteiger partial charge in [-0.25, -0.2) is 19.3 Å². The lowest BCUT2D eigenvalue weighted by Gasteiger charge is -2.30. The number of likely N-dealkylation sites (tertiary alicyclic amines) is 1. The van der Waals surface area contributed by atoms with Crippen LogP contribution in [0.4, 0.5) is 10.2 Å². The molecule has 146 valence electrons. The van der Waals surface area contributed by atoms with Gasteiger partial charge in [-0.15, -0.1) is 0 Å². The Balaban J connectivity index is 1.60. The summed E-state index contributed by atoms with van der Waals surface area (Å²) in [6.07, 6.45) is 4.39. The number of aromatic amines is 1. The number of halogens is 2. The van der Waals surface area contributed by atoms with Gasteiger partial charge in [0.2, 0.25) is 5.91 Å². The summed E-state index contributed by atoms with van der Waals surface area (Å²) in [5.41, 5.74) is 0.519. The third-order valence-electron chi connectivity index (χ3n) is 4.79. The zero-order chi connectivity index (χ0) is 19.9. The van der Waals surface area contributed by atoms with Crippen molar-refractivity contribution in [2.45, 2.75) is 32.0 Å². The van der Waals surface area contributed by atoms with Gasteiger partial charge in [-0.05, 0) is 32.4 Å². The van der Waals surface area contributed by atoms with E-state index >= 15 is 0 Å². The maximum absolute atomic E-state index is 13.5. The topological polar surface area (TPSA) is 86.8 Å². The van der Waals surface area contributed by atoms with E-state index in [1.54, 1.807) is 49.5 Å². The van der Waals surface area contributed by atoms with E-state index in [-0.39, 0.29) is 12.5 Å². The van der Waals surface area contributed by atoms with Gasteiger partial charge in [-0.3, -0.25) is 4.79 Å². The number of carbonyl (C=O) groups is 1. The number of alkyl halides is 1. The Labute approximate surface area is 166 Å². The van der Waals surface area contributed by atoms with Gasteiger partial charge < -0.3 is 15.2 Å². The summed E-state index contributed by atoms with van der Waals surface area (Å²) in [5.74, 6) is 0.827. The van der Waals surface area contributed by atoms with E-state index in [4.69, 9.17) is 11.6 Å². The molecule has 0 spiro atoms. The molecule has 4 rings (SSSR count). The highest BCUT2D eigenvalue weighted by Crippen LogP contribution is 2.28. The largest absolute Gasteiger partial charge is 0.356 e. The van der Waals surface area contributed by atoms with Crippen molar-refractivity contribution in [2.24, 2.45) is 0 Å². The summed E-state index contributed by atoms with van der Waals surface area (Å²) in [4.78, 5) is 30.5. The van der Waals surface area contributed by atoms with Gasteiger partial charge in [0.25, 0.3) is 0 Å². The quantitative estimate of drug-likeness (QED) is 0.698. The van der Waals surface area contributed by atoms with Crippen LogP contribution >= 0.6 is 11.6 Å². The van der Waals surface area contributed by atoms with Gasteiger partial charge in [0.15, 0.2) is 5.82 Å². The minimum atomic E-state index is -0.951. The predicted octanol–water partition coefficient (Wildman–Crippen LogP) is 3.43. The predicted molar refractivity (Wildman–Crippen MR) is 106 cm³/mol. The number of rotatable bonds is 4. The minimum absolute atomic E-state index is 0.141. The molecule has 0 bridgehead atoms. The molecule has 9 heteroatoms. The van der Waals surface area contributed by atoms with Crippen molar-refractivity contribution in [1.82, 2.24) is 24.8 Å². The average molecular weight is 403 g/mol. The minimum Gasteiger partial charge on any atom is -0.356 e. The van der Waals surface area contributed by atoms with Crippen LogP contribution < -0.4 is 5.32 Å². The molecule has 0 aromatic carbocycles. The van der Waals surface area contributed by atoms with E-state index in [0.717, 1.165) is 10.9 Å². The zero-order valence-electron chi connectivity index (χ0n) is 15.5. The first-order chi connectivity index (χ1) is 13.3. The molecule has 1 atom stereocenters. The maximum Gasteiger partial charge on any atom is 0.247 e. The molecule has 0 aliphatic carbocycles. The van der Waals surface area contributed by atoms with Gasteiger partial charge in [-0.1, -0.05) is 11.6 Å². The molecule has 2 N–H and O–H groups in total. The van der Waals surface area contributed by atoms with Crippen LogP contribution in [0.15, 0.2) is 30.7 Å². The molecule has 28 heavy (non-hydrogen) atoms. The standard InChI is InChI=1S/C19H20ClFN6O/c1-19(2,18(28)27-6-4-12(21)10-27)26-15-3-5-22-17(25-15)14-9-24-16-13(14)7-11(20)8-23-16/h3,5,7-9,12H,4,6,10H2,1-2H3,(H,23,24)(H,22,25,26)/t12-/m0/s1. The van der Waals surface area contributed by atoms with E-state index < -0.39 is 11.7 Å². The fraction of sp³-hybridized carbons (Fsp3) is 0.368. The van der Waals surface area contributed by atoms with Crippen LogP contribution in [0.1, 0.15) is 20.3 Å². The summed E-state index contributed by atoms with van der Waals surface area (Å²) >= 11 is 6.06. The van der Waals surface area contributed by atoms with Crippen LogP contribution in [0.2, 0.25) is 5.02 Å². The number of fused-ring (bicyclic) bond motifs is 1. The Morgan fingerprint density at radius 1 is 1.43 bits per heavy atom. The first-order valence-electron chi connectivity index (χ1n) is 9.01. The number of carbonyl (C=O) groups excluding carboxylic acids is 1. The second-order valence-electron chi connectivity index (χ2n) is 7.40. The third-order valence-corrected chi connectivity index (χ3v) is 4.99. The first kappa shape index (κ1) is 18.6. The van der Waals surface area contributed by atoms with Crippen LogP contribution in [0.3, 0.4) is 0 Å². The average Bonchev–Trinajstić information content (AvgIpc) is 3.26. The van der Waals surface area contributed by atoms with Gasteiger partial charge in [0.1, 0.15) is 23.2 Å². The normalized spacial score (nSPS) is 17.3. The fourth-order valence-corrected chi connectivity index (χ4v) is 3.55. The van der Waals surface area contributed by atoms with Crippen molar-refractivity contribution in [1.29, 1.82) is 0 Å². The molecule has 4 heterocycles. The number of amides is 1. The van der Waals surface area contributed by atoms with Crippen molar-refractivity contribution in [3.05, 3.63) is 35.7 Å². The number of pyridine rings is 1. The molecule has 1 saturated heterocycles. The molecule has 3 aromatic rings. The number of hydrogen-bond acceptors (Lipinski definition) is 5. The number of aromatic nitrogens is 4. The van der Waals surface area contributed by atoms with E-state index in [1.807, 2.05) is 0 Å². The summed E-state index contributed by atoms with van der Waals surface area (Å²) in [5, 5.41) is 4.49. The second-order valence-corrected chi connectivity index (χ2v) is 7.84. The van der Waals surface area contributed by atoms with Gasteiger partial charge in [-0.2, -0.15) is 0 Å². The van der Waals surface area contributed by atoms with Crippen molar-refractivity contribution in [3.8, 4) is 11.4 Å². The van der Waals surface area contributed by atoms with Crippen molar-refractivity contribution in [2.75, 3.05) is 18.4 Å². The Morgan fingerprint density at radius 3 is 3.00 bits per heavy atom. The van der Waals surface area contributed by atoms with Gasteiger partial charge in [0, 0.05) is 36.1 Å². The molecule has 1 amide bonds. The van der Waals surface area contributed by atoms with Crippen molar-refractivity contribution < 1.29 is 9.18 Å². The Kier molecular flexibility index (Phi) is 4.66. The summed E-state index contributed by atoms with van der Waals surface area (Å²) in [6.45, 7) is 4.10. The van der Waals surface area contributed by atoms with Crippen LogP contribution in [0.25, 0.3) is 22.4 Å². The number of nitrogens with zero attached hydrogens (tertiary/aromatic N) is 4. The molecule has 0 saturated carbocycles. The molecule has 3 aromatic heterocycles. The Bertz CT molecular complexity index is 1040. The fourth-order valence-electron chi connectivity index (χ4n) is 3.39. The number of nitrogens with one attached hydrogen (secondary N) is 2. The van der Waals surface area contributed by atoms with Crippen LogP contribution in [0.5, 0.6) is 0 Å². The Morgan fingerprint density at radius 2 is 2.25 bits per heavy atom. The molecule has 1 fully saturated rings. The van der Waals surface area contributed by atoms with Crippen molar-refractivity contribution in [3.63, 3.8) is 0 Å². The van der Waals surface area contributed by atoms with Crippen LogP contribution in [-0.4, -0.2) is 55.5 Å². The molecular formula is C19H20ClFN6O. The van der Waals surface area contributed by atoms with Crippen molar-refractivity contribution >= 4 is 34.4 Å². The number of hydrogen-bond donors (Lipinski definition) is 2. The molecule has 7 nitrogen and oxygen atoms in total. The van der Waals surface area contributed by atoms with E-state index in [9.17, 15) is 9.18 Å². The zero-order valence-corrected chi connectivity index (χ0v) is 16.3. The molecular weight excluding hydrogens is 383 g/mol. The Hall–Kier alpha value is -2.74. The number of H-pyrrole nitrogens is 1. The van der Waals surface area contributed by atoms with Gasteiger partial charge in [0.05, 0.1) is 11.6 Å². The summed E-state index contributed by atoms with van der Waals surface area (Å²) < 4.78 is 13.5. The van der Waals surface area contributed by atoms with Crippen LogP contribution in [-0.2, 0) is 4.79 Å². The first-order valence-corrected chi connectivity index (χ1v) is 9.39. The highest BCUT2D eigenvalue weighted by Gasteiger charge is 2.36. The molecule has 0 radical (unpaired) electrons. The summed E-state index contributed by atoms with van der Waals surface area (Å²) in [7, 11) is 0. The monoisotopic (exact) mass is 402 g/mol. The third kappa shape index (κ3) is 3.52. The highest BCUT2D eigenvalue weighted by molar-refractivity contribution is 6.31. The second kappa shape index (κ2) is 7.01. The lowest BCUT2D eigenvalue weighted by molar-refractivity contribution is -0.134.